The molecule has 3 rings (SSSR count). The molecule has 0 aliphatic rings. The molecule has 0 fully saturated rings. The average molecular weight is 418 g/mol. The zero-order chi connectivity index (χ0) is 21.5. The van der Waals surface area contributed by atoms with Crippen LogP contribution in [-0.4, -0.2) is 17.0 Å². The van der Waals surface area contributed by atoms with E-state index >= 15 is 0 Å². The van der Waals surface area contributed by atoms with E-state index in [2.05, 4.69) is 22.0 Å². The molecule has 1 aromatic heterocycles. The molecule has 0 aliphatic heterocycles. The Hall–Kier alpha value is -3.29. The largest absolute Gasteiger partial charge is 0.351 e. The predicted octanol–water partition coefficient (Wildman–Crippen LogP) is 5.40. The van der Waals surface area contributed by atoms with E-state index in [9.17, 15) is 10.1 Å². The molecule has 3 aromatic rings. The molecule has 0 bridgehead atoms. The molecule has 5 heteroatoms. The lowest BCUT2D eigenvalue weighted by atomic mass is 10.1. The van der Waals surface area contributed by atoms with Crippen LogP contribution in [0.4, 0.5) is 0 Å². The van der Waals surface area contributed by atoms with Crippen LogP contribution in [0.3, 0.4) is 0 Å². The first-order valence-electron chi connectivity index (χ1n) is 9.88. The number of aromatic nitrogens is 1. The molecule has 0 unspecified atom stereocenters. The molecule has 30 heavy (non-hydrogen) atoms. The van der Waals surface area contributed by atoms with E-state index in [1.165, 1.54) is 5.56 Å². The minimum atomic E-state index is -0.346. The number of aryl methyl sites for hydroxylation is 2. The van der Waals surface area contributed by atoms with Gasteiger partial charge in [0.25, 0.3) is 5.91 Å². The molecule has 152 valence electrons. The summed E-state index contributed by atoms with van der Waals surface area (Å²) in [4.78, 5) is 12.5. The average Bonchev–Trinajstić information content (AvgIpc) is 3.03. The molecule has 1 amide bonds. The number of carbonyl (C=O) groups is 1. The number of amides is 1. The molecule has 0 spiro atoms. The van der Waals surface area contributed by atoms with Crippen molar-refractivity contribution in [2.75, 3.05) is 6.54 Å². The first-order valence-corrected chi connectivity index (χ1v) is 10.3. The van der Waals surface area contributed by atoms with Crippen LogP contribution >= 0.6 is 11.6 Å². The van der Waals surface area contributed by atoms with Crippen molar-refractivity contribution < 1.29 is 4.79 Å². The molecular formula is C25H24ClN3O. The summed E-state index contributed by atoms with van der Waals surface area (Å²) in [5, 5.41) is 13.0. The molecule has 0 aliphatic carbocycles. The van der Waals surface area contributed by atoms with Gasteiger partial charge in [-0.2, -0.15) is 5.26 Å². The summed E-state index contributed by atoms with van der Waals surface area (Å²) in [6, 6.07) is 21.7. The monoisotopic (exact) mass is 417 g/mol. The number of hydrogen-bond donors (Lipinski definition) is 1. The fraction of sp³-hybridized carbons (Fsp3) is 0.200. The van der Waals surface area contributed by atoms with Crippen molar-refractivity contribution in [2.45, 2.75) is 26.7 Å². The summed E-state index contributed by atoms with van der Waals surface area (Å²) in [7, 11) is 0. The highest BCUT2D eigenvalue weighted by Gasteiger charge is 2.13. The van der Waals surface area contributed by atoms with Crippen molar-refractivity contribution in [3.8, 4) is 11.8 Å². The van der Waals surface area contributed by atoms with E-state index < -0.39 is 0 Å². The van der Waals surface area contributed by atoms with Gasteiger partial charge >= 0.3 is 0 Å². The Morgan fingerprint density at radius 1 is 1.13 bits per heavy atom. The van der Waals surface area contributed by atoms with Gasteiger partial charge in [-0.05, 0) is 74.2 Å². The summed E-state index contributed by atoms with van der Waals surface area (Å²) in [5.41, 5.74) is 5.14. The lowest BCUT2D eigenvalue weighted by molar-refractivity contribution is -0.117. The minimum Gasteiger partial charge on any atom is -0.351 e. The van der Waals surface area contributed by atoms with Crippen molar-refractivity contribution in [2.24, 2.45) is 0 Å². The van der Waals surface area contributed by atoms with Gasteiger partial charge in [-0.1, -0.05) is 41.9 Å². The predicted molar refractivity (Wildman–Crippen MR) is 122 cm³/mol. The van der Waals surface area contributed by atoms with Crippen molar-refractivity contribution in [1.29, 1.82) is 5.26 Å². The van der Waals surface area contributed by atoms with Gasteiger partial charge in [0.15, 0.2) is 0 Å². The molecule has 1 N–H and O–H groups in total. The van der Waals surface area contributed by atoms with Crippen LogP contribution in [0.5, 0.6) is 0 Å². The Bertz CT molecular complexity index is 1090. The number of nitrogens with one attached hydrogen (secondary N) is 1. The van der Waals surface area contributed by atoms with Gasteiger partial charge in [0.2, 0.25) is 0 Å². The van der Waals surface area contributed by atoms with E-state index in [-0.39, 0.29) is 11.5 Å². The van der Waals surface area contributed by atoms with Crippen LogP contribution in [0.25, 0.3) is 11.8 Å². The fourth-order valence-corrected chi connectivity index (χ4v) is 3.59. The van der Waals surface area contributed by atoms with Gasteiger partial charge in [-0.25, -0.2) is 0 Å². The maximum Gasteiger partial charge on any atom is 0.261 e. The van der Waals surface area contributed by atoms with Crippen molar-refractivity contribution in [3.05, 3.63) is 93.8 Å². The SMILES string of the molecule is Cc1cc(/C=C(\C#N)C(=O)NCCCc2ccccc2)c(C)n1-c1ccc(Cl)cc1. The van der Waals surface area contributed by atoms with E-state index in [1.54, 1.807) is 6.08 Å². The molecular weight excluding hydrogens is 394 g/mol. The number of nitrogens with zero attached hydrogens (tertiary/aromatic N) is 2. The maximum atomic E-state index is 12.5. The van der Waals surface area contributed by atoms with Gasteiger partial charge in [0.1, 0.15) is 11.6 Å². The van der Waals surface area contributed by atoms with Gasteiger partial charge < -0.3 is 9.88 Å². The topological polar surface area (TPSA) is 57.8 Å². The van der Waals surface area contributed by atoms with Crippen molar-refractivity contribution >= 4 is 23.6 Å². The third-order valence-corrected chi connectivity index (χ3v) is 5.24. The Labute approximate surface area is 182 Å². The second kappa shape index (κ2) is 9.96. The number of benzene rings is 2. The Balaban J connectivity index is 1.69. The first kappa shape index (κ1) is 21.4. The second-order valence-corrected chi connectivity index (χ2v) is 7.59. The van der Waals surface area contributed by atoms with Crippen LogP contribution in [0.1, 0.15) is 28.9 Å². The van der Waals surface area contributed by atoms with Crippen LogP contribution < -0.4 is 5.32 Å². The van der Waals surface area contributed by atoms with E-state index in [0.29, 0.717) is 11.6 Å². The summed E-state index contributed by atoms with van der Waals surface area (Å²) < 4.78 is 2.08. The number of hydrogen-bond acceptors (Lipinski definition) is 2. The zero-order valence-corrected chi connectivity index (χ0v) is 17.9. The van der Waals surface area contributed by atoms with Crippen LogP contribution in [0.15, 0.2) is 66.2 Å². The van der Waals surface area contributed by atoms with Gasteiger partial charge in [-0.3, -0.25) is 4.79 Å². The molecule has 1 heterocycles. The third kappa shape index (κ3) is 5.20. The summed E-state index contributed by atoms with van der Waals surface area (Å²) in [6.07, 6.45) is 3.36. The molecule has 0 saturated carbocycles. The fourth-order valence-electron chi connectivity index (χ4n) is 3.46. The first-order chi connectivity index (χ1) is 14.5. The molecule has 4 nitrogen and oxygen atoms in total. The molecule has 0 saturated heterocycles. The zero-order valence-electron chi connectivity index (χ0n) is 17.2. The number of rotatable bonds is 7. The van der Waals surface area contributed by atoms with Gasteiger partial charge in [0, 0.05) is 28.6 Å². The van der Waals surface area contributed by atoms with Gasteiger partial charge in [0.05, 0.1) is 0 Å². The quantitative estimate of drug-likeness (QED) is 0.317. The lowest BCUT2D eigenvalue weighted by Gasteiger charge is -2.09. The van der Waals surface area contributed by atoms with Crippen LogP contribution in [-0.2, 0) is 11.2 Å². The summed E-state index contributed by atoms with van der Waals surface area (Å²) in [5.74, 6) is -0.346. The number of nitriles is 1. The van der Waals surface area contributed by atoms with Crippen molar-refractivity contribution in [1.82, 2.24) is 9.88 Å². The van der Waals surface area contributed by atoms with E-state index in [0.717, 1.165) is 35.5 Å². The normalized spacial score (nSPS) is 11.2. The molecule has 2 aromatic carbocycles. The molecule has 0 atom stereocenters. The second-order valence-electron chi connectivity index (χ2n) is 7.15. The number of carbonyl (C=O) groups excluding carboxylic acids is 1. The van der Waals surface area contributed by atoms with Crippen LogP contribution in [0.2, 0.25) is 5.02 Å². The van der Waals surface area contributed by atoms with E-state index in [1.807, 2.05) is 68.4 Å². The Kier molecular flexibility index (Phi) is 7.11. The third-order valence-electron chi connectivity index (χ3n) is 4.99. The maximum absolute atomic E-state index is 12.5. The van der Waals surface area contributed by atoms with Gasteiger partial charge in [-0.15, -0.1) is 0 Å². The Morgan fingerprint density at radius 3 is 2.50 bits per heavy atom. The highest BCUT2D eigenvalue weighted by atomic mass is 35.5. The highest BCUT2D eigenvalue weighted by Crippen LogP contribution is 2.24. The Morgan fingerprint density at radius 2 is 1.83 bits per heavy atom. The smallest absolute Gasteiger partial charge is 0.261 e. The van der Waals surface area contributed by atoms with Crippen LogP contribution in [0, 0.1) is 25.2 Å². The number of halogens is 1. The summed E-state index contributed by atoms with van der Waals surface area (Å²) in [6.45, 7) is 4.49. The summed E-state index contributed by atoms with van der Waals surface area (Å²) >= 11 is 5.99. The standard InChI is InChI=1S/C25H24ClN3O/c1-18-15-21(19(2)29(18)24-12-10-23(26)11-13-24)16-22(17-27)25(30)28-14-6-9-20-7-4-3-5-8-20/h3-5,7-8,10-13,15-16H,6,9,14H2,1-2H3,(H,28,30)/b22-16+. The molecule has 0 radical (unpaired) electrons. The minimum absolute atomic E-state index is 0.103. The van der Waals surface area contributed by atoms with E-state index in [4.69, 9.17) is 11.6 Å². The highest BCUT2D eigenvalue weighted by molar-refractivity contribution is 6.30. The van der Waals surface area contributed by atoms with Crippen molar-refractivity contribution in [3.63, 3.8) is 0 Å². The lowest BCUT2D eigenvalue weighted by Crippen LogP contribution is -2.25.